The molecule has 5 rings (SSSR count). The summed E-state index contributed by atoms with van der Waals surface area (Å²) in [5.41, 5.74) is 4.66. The second-order valence-corrected chi connectivity index (χ2v) is 12.0. The summed E-state index contributed by atoms with van der Waals surface area (Å²) in [7, 11) is 0. The smallest absolute Gasteiger partial charge is 0.406 e. The maximum Gasteiger partial charge on any atom is 0.573 e. The van der Waals surface area contributed by atoms with E-state index in [0.717, 1.165) is 41.2 Å². The number of hydrogen-bond acceptors (Lipinski definition) is 7. The lowest BCUT2D eigenvalue weighted by molar-refractivity contribution is -0.274. The molecule has 45 heavy (non-hydrogen) atoms. The van der Waals surface area contributed by atoms with E-state index in [1.165, 1.54) is 52.6 Å². The molecule has 1 atom stereocenters. The molecular weight excluding hydrogens is 601 g/mol. The number of hydrogen-bond donors (Lipinski definition) is 1. The van der Waals surface area contributed by atoms with Crippen LogP contribution in [0.4, 0.5) is 18.9 Å². The summed E-state index contributed by atoms with van der Waals surface area (Å²) in [4.78, 5) is 23.5. The zero-order chi connectivity index (χ0) is 32.0. The number of nitrogens with one attached hydrogen (secondary N) is 1. The van der Waals surface area contributed by atoms with E-state index in [4.69, 9.17) is 4.99 Å². The third kappa shape index (κ3) is 8.52. The number of carbonyl (C=O) groups excluding carboxylic acids is 1. The Kier molecular flexibility index (Phi) is 10.2. The highest BCUT2D eigenvalue weighted by atomic mass is 32.2. The van der Waals surface area contributed by atoms with Gasteiger partial charge in [-0.3, -0.25) is 15.0 Å². The molecule has 2 heterocycles. The number of carbonyl (C=O) groups is 1. The Hall–Kier alpha value is -4.16. The number of thioether (sulfide) groups is 1. The second kappa shape index (κ2) is 14.3. The van der Waals surface area contributed by atoms with Gasteiger partial charge in [-0.1, -0.05) is 68.1 Å². The standard InChI is InChI=1S/C33H35F3N6O2S/c1-22(2)28-9-4-5-10-29(28)42-30(43)19-45-32(42)38-20-37-23(3)7-6-8-24-11-13-25(14-12-24)31-39-21-41(40-31)26-15-17-27(18-16-26)44-33(34,35)36/h4-5,9-18,21-23,37H,6-8,19-20H2,1-3H3/b38-32-. The van der Waals surface area contributed by atoms with Crippen molar-refractivity contribution in [2.75, 3.05) is 17.3 Å². The summed E-state index contributed by atoms with van der Waals surface area (Å²) in [6.45, 7) is 6.83. The molecule has 1 aliphatic rings. The summed E-state index contributed by atoms with van der Waals surface area (Å²) >= 11 is 1.48. The SMILES string of the molecule is CC(CCCc1ccc(-c2ncn(-c3ccc(OC(F)(F)F)cc3)n2)cc1)NC/N=C1\SCC(=O)N1c1ccccc1C(C)C. The Morgan fingerprint density at radius 1 is 1.02 bits per heavy atom. The van der Waals surface area contributed by atoms with Crippen LogP contribution in [0.15, 0.2) is 84.1 Å². The van der Waals surface area contributed by atoms with Crippen molar-refractivity contribution in [3.63, 3.8) is 0 Å². The number of rotatable bonds is 12. The Morgan fingerprint density at radius 2 is 1.76 bits per heavy atom. The number of anilines is 1. The van der Waals surface area contributed by atoms with Crippen molar-refractivity contribution in [2.45, 2.75) is 58.4 Å². The molecule has 0 spiro atoms. The molecular formula is C33H35F3N6O2S. The van der Waals surface area contributed by atoms with Crippen LogP contribution in [0.5, 0.6) is 5.75 Å². The molecule has 0 bridgehead atoms. The third-order valence-electron chi connectivity index (χ3n) is 7.36. The molecule has 0 radical (unpaired) electrons. The Bertz CT molecular complexity index is 1620. The van der Waals surface area contributed by atoms with Crippen LogP contribution in [0, 0.1) is 0 Å². The summed E-state index contributed by atoms with van der Waals surface area (Å²) in [6.07, 6.45) is -0.337. The van der Waals surface area contributed by atoms with Gasteiger partial charge >= 0.3 is 6.36 Å². The molecule has 1 saturated heterocycles. The summed E-state index contributed by atoms with van der Waals surface area (Å²) < 4.78 is 42.6. The fraction of sp³-hybridized carbons (Fsp3) is 0.333. The van der Waals surface area contributed by atoms with Crippen molar-refractivity contribution < 1.29 is 22.7 Å². The summed E-state index contributed by atoms with van der Waals surface area (Å²) in [5.74, 6) is 0.982. The molecule has 236 valence electrons. The maximum atomic E-state index is 12.7. The van der Waals surface area contributed by atoms with E-state index in [1.54, 1.807) is 4.90 Å². The average Bonchev–Trinajstić information content (AvgIpc) is 3.64. The molecule has 0 aliphatic carbocycles. The molecule has 1 N–H and O–H groups in total. The third-order valence-corrected chi connectivity index (χ3v) is 8.32. The Balaban J connectivity index is 1.09. The minimum Gasteiger partial charge on any atom is -0.406 e. The molecule has 1 unspecified atom stereocenters. The number of amides is 1. The highest BCUT2D eigenvalue weighted by Gasteiger charge is 2.32. The fourth-order valence-corrected chi connectivity index (χ4v) is 5.89. The number of nitrogens with zero attached hydrogens (tertiary/aromatic N) is 5. The largest absolute Gasteiger partial charge is 0.573 e. The van der Waals surface area contributed by atoms with Crippen LogP contribution in [-0.4, -0.2) is 50.7 Å². The zero-order valence-corrected chi connectivity index (χ0v) is 26.1. The molecule has 1 amide bonds. The zero-order valence-electron chi connectivity index (χ0n) is 25.3. The lowest BCUT2D eigenvalue weighted by atomic mass is 10.0. The predicted octanol–water partition coefficient (Wildman–Crippen LogP) is 7.35. The van der Waals surface area contributed by atoms with Gasteiger partial charge in [0.15, 0.2) is 11.0 Å². The lowest BCUT2D eigenvalue weighted by Gasteiger charge is -2.22. The van der Waals surface area contributed by atoms with Crippen LogP contribution in [0.25, 0.3) is 17.1 Å². The van der Waals surface area contributed by atoms with Crippen LogP contribution in [-0.2, 0) is 11.2 Å². The van der Waals surface area contributed by atoms with Crippen LogP contribution in [0.2, 0.25) is 0 Å². The monoisotopic (exact) mass is 636 g/mol. The van der Waals surface area contributed by atoms with Gasteiger partial charge in [0.2, 0.25) is 5.91 Å². The van der Waals surface area contributed by atoms with E-state index in [9.17, 15) is 18.0 Å². The van der Waals surface area contributed by atoms with Crippen molar-refractivity contribution in [3.05, 3.63) is 90.3 Å². The van der Waals surface area contributed by atoms with Gasteiger partial charge in [-0.2, -0.15) is 0 Å². The summed E-state index contributed by atoms with van der Waals surface area (Å²) in [6, 6.07) is 21.8. The van der Waals surface area contributed by atoms with Crippen molar-refractivity contribution in [2.24, 2.45) is 4.99 Å². The first-order valence-corrected chi connectivity index (χ1v) is 15.8. The number of aryl methyl sites for hydroxylation is 1. The van der Waals surface area contributed by atoms with Gasteiger partial charge in [0.25, 0.3) is 0 Å². The average molecular weight is 637 g/mol. The van der Waals surface area contributed by atoms with Gasteiger partial charge < -0.3 is 4.74 Å². The molecule has 3 aromatic carbocycles. The second-order valence-electron chi connectivity index (χ2n) is 11.1. The lowest BCUT2D eigenvalue weighted by Crippen LogP contribution is -2.32. The molecule has 12 heteroatoms. The molecule has 1 aliphatic heterocycles. The van der Waals surface area contributed by atoms with Gasteiger partial charge in [0, 0.05) is 11.6 Å². The molecule has 1 fully saturated rings. The summed E-state index contributed by atoms with van der Waals surface area (Å²) in [5, 5.41) is 8.67. The van der Waals surface area contributed by atoms with E-state index in [0.29, 0.717) is 29.9 Å². The van der Waals surface area contributed by atoms with E-state index >= 15 is 0 Å². The van der Waals surface area contributed by atoms with Gasteiger partial charge in [-0.25, -0.2) is 14.7 Å². The number of para-hydroxylation sites is 1. The van der Waals surface area contributed by atoms with Gasteiger partial charge in [-0.15, -0.1) is 18.3 Å². The number of alkyl halides is 3. The number of halogens is 3. The van der Waals surface area contributed by atoms with Gasteiger partial charge in [-0.05, 0) is 73.6 Å². The maximum absolute atomic E-state index is 12.7. The number of ether oxygens (including phenoxy) is 1. The highest BCUT2D eigenvalue weighted by molar-refractivity contribution is 8.15. The molecule has 8 nitrogen and oxygen atoms in total. The number of amidine groups is 1. The minimum atomic E-state index is -4.74. The highest BCUT2D eigenvalue weighted by Crippen LogP contribution is 2.33. The topological polar surface area (TPSA) is 84.6 Å². The molecule has 1 aromatic heterocycles. The molecule has 4 aromatic rings. The predicted molar refractivity (Wildman–Crippen MR) is 172 cm³/mol. The van der Waals surface area contributed by atoms with Crippen LogP contribution >= 0.6 is 11.8 Å². The van der Waals surface area contributed by atoms with E-state index in [1.807, 2.05) is 30.3 Å². The number of aromatic nitrogens is 3. The Labute approximate surface area is 264 Å². The van der Waals surface area contributed by atoms with Crippen LogP contribution < -0.4 is 15.0 Å². The fourth-order valence-electron chi connectivity index (χ4n) is 5.02. The van der Waals surface area contributed by atoms with Crippen LogP contribution in [0.1, 0.15) is 50.7 Å². The van der Waals surface area contributed by atoms with Crippen molar-refractivity contribution in [1.82, 2.24) is 20.1 Å². The first-order valence-electron chi connectivity index (χ1n) is 14.8. The Morgan fingerprint density at radius 3 is 2.47 bits per heavy atom. The van der Waals surface area contributed by atoms with Crippen molar-refractivity contribution in [3.8, 4) is 22.8 Å². The van der Waals surface area contributed by atoms with E-state index in [2.05, 4.69) is 59.1 Å². The normalized spacial score (nSPS) is 15.3. The number of benzene rings is 3. The van der Waals surface area contributed by atoms with E-state index < -0.39 is 6.36 Å². The van der Waals surface area contributed by atoms with Gasteiger partial charge in [0.05, 0.1) is 23.8 Å². The molecule has 0 saturated carbocycles. The van der Waals surface area contributed by atoms with Crippen molar-refractivity contribution >= 4 is 28.5 Å². The first-order chi connectivity index (χ1) is 21.6. The van der Waals surface area contributed by atoms with E-state index in [-0.39, 0.29) is 17.7 Å². The van der Waals surface area contributed by atoms with Gasteiger partial charge in [0.1, 0.15) is 12.1 Å². The van der Waals surface area contributed by atoms with Crippen molar-refractivity contribution in [1.29, 1.82) is 0 Å². The van der Waals surface area contributed by atoms with Crippen LogP contribution in [0.3, 0.4) is 0 Å². The number of aliphatic imine (C=N–C) groups is 1. The minimum absolute atomic E-state index is 0.0585. The first kappa shape index (κ1) is 32.2. The quantitative estimate of drug-likeness (QED) is 0.175.